The minimum atomic E-state index is -0.0642. The van der Waals surface area contributed by atoms with Gasteiger partial charge in [-0.1, -0.05) is 12.1 Å². The summed E-state index contributed by atoms with van der Waals surface area (Å²) in [6.07, 6.45) is 7.57. The normalized spacial score (nSPS) is 12.5. The van der Waals surface area contributed by atoms with E-state index in [4.69, 9.17) is 5.26 Å². The Morgan fingerprint density at radius 2 is 1.92 bits per heavy atom. The first-order chi connectivity index (χ1) is 12.3. The molecule has 0 N–H and O–H groups in total. The van der Waals surface area contributed by atoms with Crippen LogP contribution in [-0.2, 0) is 6.42 Å². The molecule has 0 spiro atoms. The summed E-state index contributed by atoms with van der Waals surface area (Å²) in [5.41, 5.74) is 5.15. The Kier molecular flexibility index (Phi) is 3.71. The Morgan fingerprint density at radius 3 is 2.64 bits per heavy atom. The van der Waals surface area contributed by atoms with Crippen LogP contribution in [0.25, 0.3) is 11.1 Å². The van der Waals surface area contributed by atoms with Crippen LogP contribution in [0.2, 0.25) is 0 Å². The third-order valence-corrected chi connectivity index (χ3v) is 4.39. The maximum absolute atomic E-state index is 12.8. The van der Waals surface area contributed by atoms with E-state index in [1.54, 1.807) is 47.8 Å². The van der Waals surface area contributed by atoms with Gasteiger partial charge in [0.15, 0.2) is 0 Å². The second kappa shape index (κ2) is 6.17. The number of nitrogens with zero attached hydrogens (tertiary/aromatic N) is 4. The number of rotatable bonds is 2. The second-order valence-electron chi connectivity index (χ2n) is 5.82. The fraction of sp³-hybridized carbons (Fsp3) is 0.100. The zero-order chi connectivity index (χ0) is 17.2. The molecule has 0 fully saturated rings. The van der Waals surface area contributed by atoms with Crippen molar-refractivity contribution in [3.05, 3.63) is 77.9 Å². The molecule has 0 saturated carbocycles. The molecule has 1 aliphatic rings. The molecule has 3 aromatic rings. The predicted molar refractivity (Wildman–Crippen MR) is 94.0 cm³/mol. The number of nitriles is 1. The van der Waals surface area contributed by atoms with Crippen LogP contribution in [-0.4, -0.2) is 22.4 Å². The monoisotopic (exact) mass is 326 g/mol. The number of amides is 1. The van der Waals surface area contributed by atoms with E-state index in [-0.39, 0.29) is 5.91 Å². The van der Waals surface area contributed by atoms with E-state index in [1.165, 1.54) is 0 Å². The molecule has 0 bridgehead atoms. The van der Waals surface area contributed by atoms with Crippen LogP contribution in [0.5, 0.6) is 0 Å². The first-order valence-corrected chi connectivity index (χ1v) is 7.97. The molecule has 120 valence electrons. The molecule has 3 heterocycles. The molecule has 25 heavy (non-hydrogen) atoms. The maximum Gasteiger partial charge on any atom is 0.259 e. The highest BCUT2D eigenvalue weighted by Gasteiger charge is 2.28. The van der Waals surface area contributed by atoms with Crippen LogP contribution < -0.4 is 4.90 Å². The van der Waals surface area contributed by atoms with Gasteiger partial charge in [-0.15, -0.1) is 0 Å². The topological polar surface area (TPSA) is 69.9 Å². The van der Waals surface area contributed by atoms with E-state index in [9.17, 15) is 4.79 Å². The maximum atomic E-state index is 12.8. The highest BCUT2D eigenvalue weighted by Crippen LogP contribution is 2.36. The summed E-state index contributed by atoms with van der Waals surface area (Å²) >= 11 is 0. The smallest absolute Gasteiger partial charge is 0.259 e. The standard InChI is InChI=1S/C20H14N4O/c21-10-14-3-5-15(6-4-14)18-12-23-13-19-17(18)7-9-24(19)20(25)16-2-1-8-22-11-16/h1-6,8,11-13H,7,9H2. The van der Waals surface area contributed by atoms with Crippen molar-refractivity contribution in [2.45, 2.75) is 6.42 Å². The van der Waals surface area contributed by atoms with Gasteiger partial charge in [0.25, 0.3) is 5.91 Å². The number of hydrogen-bond acceptors (Lipinski definition) is 4. The van der Waals surface area contributed by atoms with Crippen LogP contribution in [0.15, 0.2) is 61.2 Å². The number of benzene rings is 1. The Balaban J connectivity index is 1.72. The van der Waals surface area contributed by atoms with Gasteiger partial charge in [-0.25, -0.2) is 0 Å². The first-order valence-electron chi connectivity index (χ1n) is 7.97. The highest BCUT2D eigenvalue weighted by molar-refractivity contribution is 6.07. The lowest BCUT2D eigenvalue weighted by Crippen LogP contribution is -2.28. The zero-order valence-corrected chi connectivity index (χ0v) is 13.4. The van der Waals surface area contributed by atoms with E-state index < -0.39 is 0 Å². The summed E-state index contributed by atoms with van der Waals surface area (Å²) in [6, 6.07) is 13.1. The Hall–Kier alpha value is -3.52. The Labute approximate surface area is 145 Å². The molecule has 1 aliphatic heterocycles. The average Bonchev–Trinajstić information content (AvgIpc) is 3.12. The number of pyridine rings is 2. The summed E-state index contributed by atoms with van der Waals surface area (Å²) < 4.78 is 0. The van der Waals surface area contributed by atoms with Crippen LogP contribution in [0.3, 0.4) is 0 Å². The second-order valence-corrected chi connectivity index (χ2v) is 5.82. The number of carbonyl (C=O) groups is 1. The molecule has 5 nitrogen and oxygen atoms in total. The summed E-state index contributed by atoms with van der Waals surface area (Å²) in [5, 5.41) is 8.95. The van der Waals surface area contributed by atoms with Crippen molar-refractivity contribution in [1.29, 1.82) is 5.26 Å². The van der Waals surface area contributed by atoms with Gasteiger partial charge in [0.1, 0.15) is 0 Å². The number of hydrogen-bond donors (Lipinski definition) is 0. The summed E-state index contributed by atoms with van der Waals surface area (Å²) in [5.74, 6) is -0.0642. The first kappa shape index (κ1) is 15.0. The van der Waals surface area contributed by atoms with Crippen LogP contribution >= 0.6 is 0 Å². The zero-order valence-electron chi connectivity index (χ0n) is 13.4. The average molecular weight is 326 g/mol. The van der Waals surface area contributed by atoms with Crippen molar-refractivity contribution in [3.8, 4) is 17.2 Å². The summed E-state index contributed by atoms with van der Waals surface area (Å²) in [4.78, 5) is 22.9. The van der Waals surface area contributed by atoms with Crippen molar-refractivity contribution in [2.75, 3.05) is 11.4 Å². The van der Waals surface area contributed by atoms with Gasteiger partial charge in [-0.2, -0.15) is 5.26 Å². The van der Waals surface area contributed by atoms with Gasteiger partial charge in [-0.3, -0.25) is 14.8 Å². The van der Waals surface area contributed by atoms with Crippen LogP contribution in [0.1, 0.15) is 21.5 Å². The van der Waals surface area contributed by atoms with E-state index in [0.29, 0.717) is 17.7 Å². The molecular weight excluding hydrogens is 312 g/mol. The third kappa shape index (κ3) is 2.64. The number of carbonyl (C=O) groups excluding carboxylic acids is 1. The third-order valence-electron chi connectivity index (χ3n) is 4.39. The minimum absolute atomic E-state index is 0.0642. The lowest BCUT2D eigenvalue weighted by molar-refractivity contribution is 0.0989. The fourth-order valence-corrected chi connectivity index (χ4v) is 3.14. The van der Waals surface area contributed by atoms with Gasteiger partial charge < -0.3 is 4.90 Å². The molecule has 2 aromatic heterocycles. The van der Waals surface area contributed by atoms with Gasteiger partial charge >= 0.3 is 0 Å². The fourth-order valence-electron chi connectivity index (χ4n) is 3.14. The molecule has 0 unspecified atom stereocenters. The largest absolute Gasteiger partial charge is 0.306 e. The Bertz CT molecular complexity index is 975. The quantitative estimate of drug-likeness (QED) is 0.725. The number of anilines is 1. The van der Waals surface area contributed by atoms with E-state index in [1.807, 2.05) is 18.3 Å². The van der Waals surface area contributed by atoms with Crippen molar-refractivity contribution in [2.24, 2.45) is 0 Å². The molecule has 1 aromatic carbocycles. The van der Waals surface area contributed by atoms with Gasteiger partial charge in [0.05, 0.1) is 29.1 Å². The summed E-state index contributed by atoms with van der Waals surface area (Å²) in [6.45, 7) is 0.623. The van der Waals surface area contributed by atoms with Crippen molar-refractivity contribution in [1.82, 2.24) is 9.97 Å². The molecule has 0 atom stereocenters. The molecule has 0 radical (unpaired) electrons. The SMILES string of the molecule is N#Cc1ccc(-c2cncc3c2CCN3C(=O)c2cccnc2)cc1. The van der Waals surface area contributed by atoms with Crippen LogP contribution in [0.4, 0.5) is 5.69 Å². The van der Waals surface area contributed by atoms with E-state index in [0.717, 1.165) is 28.8 Å². The van der Waals surface area contributed by atoms with E-state index >= 15 is 0 Å². The highest BCUT2D eigenvalue weighted by atomic mass is 16.2. The predicted octanol–water partition coefficient (Wildman–Crippen LogP) is 3.22. The van der Waals surface area contributed by atoms with Gasteiger partial charge in [0, 0.05) is 30.7 Å². The van der Waals surface area contributed by atoms with Crippen LogP contribution in [0, 0.1) is 11.3 Å². The minimum Gasteiger partial charge on any atom is -0.306 e. The van der Waals surface area contributed by atoms with Crippen molar-refractivity contribution in [3.63, 3.8) is 0 Å². The van der Waals surface area contributed by atoms with E-state index in [2.05, 4.69) is 16.0 Å². The molecular formula is C20H14N4O. The van der Waals surface area contributed by atoms with Crippen molar-refractivity contribution < 1.29 is 4.79 Å². The molecule has 0 aliphatic carbocycles. The summed E-state index contributed by atoms with van der Waals surface area (Å²) in [7, 11) is 0. The Morgan fingerprint density at radius 1 is 1.08 bits per heavy atom. The number of aromatic nitrogens is 2. The number of fused-ring (bicyclic) bond motifs is 1. The van der Waals surface area contributed by atoms with Crippen molar-refractivity contribution >= 4 is 11.6 Å². The molecule has 5 heteroatoms. The molecule has 4 rings (SSSR count). The van der Waals surface area contributed by atoms with Gasteiger partial charge in [-0.05, 0) is 41.8 Å². The molecule has 0 saturated heterocycles. The molecule has 1 amide bonds. The van der Waals surface area contributed by atoms with Gasteiger partial charge in [0.2, 0.25) is 0 Å². The lowest BCUT2D eigenvalue weighted by Gasteiger charge is -2.17. The lowest BCUT2D eigenvalue weighted by atomic mass is 9.99.